The van der Waals surface area contributed by atoms with Crippen molar-refractivity contribution in [2.45, 2.75) is 11.3 Å². The summed E-state index contributed by atoms with van der Waals surface area (Å²) in [5.74, 6) is 0.395. The van der Waals surface area contributed by atoms with Gasteiger partial charge in [-0.25, -0.2) is 8.42 Å². The lowest BCUT2D eigenvalue weighted by atomic mass is 10.1. The third kappa shape index (κ3) is 3.98. The fourth-order valence-corrected chi connectivity index (χ4v) is 4.66. The molecule has 0 saturated carbocycles. The van der Waals surface area contributed by atoms with Crippen LogP contribution >= 0.6 is 12.4 Å². The van der Waals surface area contributed by atoms with Crippen molar-refractivity contribution >= 4 is 22.4 Å². The topological polar surface area (TPSA) is 49.4 Å². The lowest BCUT2D eigenvalue weighted by Crippen LogP contribution is -2.30. The molecule has 1 fully saturated rings. The molecule has 24 heavy (non-hydrogen) atoms. The number of halogens is 1. The molecule has 0 aliphatic carbocycles. The van der Waals surface area contributed by atoms with Crippen LogP contribution in [0.4, 0.5) is 0 Å². The van der Waals surface area contributed by atoms with E-state index in [1.54, 1.807) is 16.4 Å². The summed E-state index contributed by atoms with van der Waals surface area (Å²) in [7, 11) is -1.51. The minimum Gasteiger partial charge on any atom is -0.319 e. The van der Waals surface area contributed by atoms with E-state index in [2.05, 4.69) is 5.32 Å². The lowest BCUT2D eigenvalue weighted by Gasteiger charge is -2.17. The summed E-state index contributed by atoms with van der Waals surface area (Å²) in [5.41, 5.74) is 1.96. The van der Waals surface area contributed by atoms with E-state index in [9.17, 15) is 8.42 Å². The van der Waals surface area contributed by atoms with Crippen LogP contribution in [0.15, 0.2) is 59.5 Å². The summed E-state index contributed by atoms with van der Waals surface area (Å²) in [4.78, 5) is 0.379. The maximum absolute atomic E-state index is 12.9. The van der Waals surface area contributed by atoms with Gasteiger partial charge in [0.2, 0.25) is 10.0 Å². The molecule has 4 nitrogen and oxygen atoms in total. The number of hydrogen-bond acceptors (Lipinski definition) is 3. The summed E-state index contributed by atoms with van der Waals surface area (Å²) in [6.45, 7) is 2.05. The average Bonchev–Trinajstić information content (AvgIpc) is 3.06. The molecule has 2 aromatic carbocycles. The van der Waals surface area contributed by atoms with Crippen LogP contribution in [0.2, 0.25) is 0 Å². The first-order valence-electron chi connectivity index (χ1n) is 7.91. The standard InChI is InChI=1S/C18H22N2O2S.ClH/c1-19-13-15-10-11-20(14-15)23(21,22)18-9-5-8-17(12-18)16-6-3-2-4-7-16;/h2-9,12,15,19H,10-11,13-14H2,1H3;1H. The molecular weight excluding hydrogens is 344 g/mol. The Morgan fingerprint density at radius 2 is 1.79 bits per heavy atom. The van der Waals surface area contributed by atoms with Gasteiger partial charge in [0.05, 0.1) is 4.90 Å². The van der Waals surface area contributed by atoms with Crippen molar-refractivity contribution in [2.24, 2.45) is 5.92 Å². The molecule has 0 aromatic heterocycles. The third-order valence-electron chi connectivity index (χ3n) is 4.32. The predicted molar refractivity (Wildman–Crippen MR) is 99.9 cm³/mol. The van der Waals surface area contributed by atoms with Gasteiger partial charge in [0.1, 0.15) is 0 Å². The molecule has 1 aliphatic rings. The Bertz CT molecular complexity index is 766. The summed E-state index contributed by atoms with van der Waals surface area (Å²) in [6.07, 6.45) is 0.915. The highest BCUT2D eigenvalue weighted by Crippen LogP contribution is 2.27. The second-order valence-corrected chi connectivity index (χ2v) is 7.91. The zero-order valence-corrected chi connectivity index (χ0v) is 15.3. The van der Waals surface area contributed by atoms with Gasteiger partial charge < -0.3 is 5.32 Å². The third-order valence-corrected chi connectivity index (χ3v) is 6.18. The highest BCUT2D eigenvalue weighted by atomic mass is 35.5. The molecule has 0 amide bonds. The zero-order valence-electron chi connectivity index (χ0n) is 13.7. The van der Waals surface area contributed by atoms with Gasteiger partial charge in [-0.2, -0.15) is 4.31 Å². The predicted octanol–water partition coefficient (Wildman–Crippen LogP) is 3.01. The van der Waals surface area contributed by atoms with Gasteiger partial charge in [0.25, 0.3) is 0 Å². The quantitative estimate of drug-likeness (QED) is 0.884. The largest absolute Gasteiger partial charge is 0.319 e. The Balaban J connectivity index is 0.00000208. The molecular formula is C18H23ClN2O2S. The molecule has 3 rings (SSSR count). The number of sulfonamides is 1. The Labute approximate surface area is 150 Å². The van der Waals surface area contributed by atoms with E-state index < -0.39 is 10.0 Å². The van der Waals surface area contributed by atoms with E-state index >= 15 is 0 Å². The second-order valence-electron chi connectivity index (χ2n) is 5.97. The molecule has 1 N–H and O–H groups in total. The maximum atomic E-state index is 12.9. The van der Waals surface area contributed by atoms with Crippen molar-refractivity contribution in [2.75, 3.05) is 26.7 Å². The van der Waals surface area contributed by atoms with Crippen LogP contribution < -0.4 is 5.32 Å². The van der Waals surface area contributed by atoms with E-state index in [0.717, 1.165) is 24.1 Å². The number of rotatable bonds is 5. The fourth-order valence-electron chi connectivity index (χ4n) is 3.09. The number of hydrogen-bond donors (Lipinski definition) is 1. The molecule has 1 saturated heterocycles. The van der Waals surface area contributed by atoms with Gasteiger partial charge in [-0.05, 0) is 49.2 Å². The Kier molecular flexibility index (Phi) is 6.40. The fraction of sp³-hybridized carbons (Fsp3) is 0.333. The van der Waals surface area contributed by atoms with Gasteiger partial charge in [-0.1, -0.05) is 42.5 Å². The number of benzene rings is 2. The van der Waals surface area contributed by atoms with Crippen molar-refractivity contribution in [1.29, 1.82) is 0 Å². The van der Waals surface area contributed by atoms with Crippen LogP contribution in [0, 0.1) is 5.92 Å². The molecule has 1 heterocycles. The first-order chi connectivity index (χ1) is 11.1. The minimum absolute atomic E-state index is 0. The van der Waals surface area contributed by atoms with E-state index in [0.29, 0.717) is 23.9 Å². The van der Waals surface area contributed by atoms with Gasteiger partial charge in [0, 0.05) is 13.1 Å². The van der Waals surface area contributed by atoms with E-state index in [1.165, 1.54) is 0 Å². The Hall–Kier alpha value is -1.40. The van der Waals surface area contributed by atoms with Gasteiger partial charge in [-0.15, -0.1) is 12.4 Å². The monoisotopic (exact) mass is 366 g/mol. The van der Waals surface area contributed by atoms with Crippen molar-refractivity contribution in [1.82, 2.24) is 9.62 Å². The first-order valence-corrected chi connectivity index (χ1v) is 9.35. The second kappa shape index (κ2) is 8.12. The number of nitrogens with zero attached hydrogens (tertiary/aromatic N) is 1. The molecule has 6 heteroatoms. The van der Waals surface area contributed by atoms with Crippen LogP contribution in [-0.2, 0) is 10.0 Å². The first kappa shape index (κ1) is 18.9. The van der Waals surface area contributed by atoms with Crippen molar-refractivity contribution in [3.63, 3.8) is 0 Å². The SMILES string of the molecule is CNCC1CCN(S(=O)(=O)c2cccc(-c3ccccc3)c2)C1.Cl. The zero-order chi connectivity index (χ0) is 16.3. The molecule has 0 bridgehead atoms. The summed E-state index contributed by atoms with van der Waals surface area (Å²) < 4.78 is 27.4. The molecule has 1 aliphatic heterocycles. The molecule has 0 spiro atoms. The summed E-state index contributed by atoms with van der Waals surface area (Å²) in [6, 6.07) is 17.1. The van der Waals surface area contributed by atoms with Crippen LogP contribution in [0.25, 0.3) is 11.1 Å². The smallest absolute Gasteiger partial charge is 0.243 e. The Morgan fingerprint density at radius 3 is 2.50 bits per heavy atom. The maximum Gasteiger partial charge on any atom is 0.243 e. The van der Waals surface area contributed by atoms with Crippen LogP contribution in [-0.4, -0.2) is 39.4 Å². The average molecular weight is 367 g/mol. The Morgan fingerprint density at radius 1 is 1.08 bits per heavy atom. The molecule has 2 aromatic rings. The van der Waals surface area contributed by atoms with Gasteiger partial charge in [-0.3, -0.25) is 0 Å². The summed E-state index contributed by atoms with van der Waals surface area (Å²) in [5, 5.41) is 3.13. The summed E-state index contributed by atoms with van der Waals surface area (Å²) >= 11 is 0. The van der Waals surface area contributed by atoms with E-state index in [-0.39, 0.29) is 12.4 Å². The molecule has 130 valence electrons. The van der Waals surface area contributed by atoms with Crippen LogP contribution in [0.5, 0.6) is 0 Å². The normalized spacial score (nSPS) is 18.3. The van der Waals surface area contributed by atoms with Crippen molar-refractivity contribution in [3.8, 4) is 11.1 Å². The van der Waals surface area contributed by atoms with Gasteiger partial charge in [0.15, 0.2) is 0 Å². The van der Waals surface area contributed by atoms with Crippen molar-refractivity contribution in [3.05, 3.63) is 54.6 Å². The van der Waals surface area contributed by atoms with Crippen LogP contribution in [0.1, 0.15) is 6.42 Å². The highest BCUT2D eigenvalue weighted by molar-refractivity contribution is 7.89. The van der Waals surface area contributed by atoms with Crippen LogP contribution in [0.3, 0.4) is 0 Å². The van der Waals surface area contributed by atoms with E-state index in [4.69, 9.17) is 0 Å². The minimum atomic E-state index is -3.41. The van der Waals surface area contributed by atoms with Crippen molar-refractivity contribution < 1.29 is 8.42 Å². The molecule has 1 unspecified atom stereocenters. The van der Waals surface area contributed by atoms with E-state index in [1.807, 2.05) is 49.5 Å². The van der Waals surface area contributed by atoms with Gasteiger partial charge >= 0.3 is 0 Å². The highest BCUT2D eigenvalue weighted by Gasteiger charge is 2.32. The number of nitrogens with one attached hydrogen (secondary N) is 1. The lowest BCUT2D eigenvalue weighted by molar-refractivity contribution is 0.451. The molecule has 0 radical (unpaired) electrons. The molecule has 1 atom stereocenters.